The van der Waals surface area contributed by atoms with Crippen molar-refractivity contribution in [3.05, 3.63) is 86.1 Å². The molecule has 35 heavy (non-hydrogen) atoms. The topological polar surface area (TPSA) is 84.9 Å². The van der Waals surface area contributed by atoms with E-state index >= 15 is 0 Å². The molecule has 2 heterocycles. The van der Waals surface area contributed by atoms with Crippen molar-refractivity contribution in [3.8, 4) is 0 Å². The van der Waals surface area contributed by atoms with E-state index < -0.39 is 11.9 Å². The SMILES string of the molecule is CCc1c(C)sc2c1CCN(C(=O)Nc1cc(C(=O)OC)ccc1C(=O)OC)[C@H]2c1ccccc1. The predicted octanol–water partition coefficient (Wildman–Crippen LogP) is 5.37. The summed E-state index contributed by atoms with van der Waals surface area (Å²) in [6, 6.07) is 13.7. The Labute approximate surface area is 208 Å². The van der Waals surface area contributed by atoms with E-state index in [-0.39, 0.29) is 28.9 Å². The molecule has 1 aliphatic rings. The summed E-state index contributed by atoms with van der Waals surface area (Å²) in [5, 5.41) is 2.86. The fraction of sp³-hybridized carbons (Fsp3) is 0.296. The third kappa shape index (κ3) is 4.66. The highest BCUT2D eigenvalue weighted by atomic mass is 32.1. The Morgan fingerprint density at radius 1 is 1.06 bits per heavy atom. The van der Waals surface area contributed by atoms with E-state index in [2.05, 4.69) is 19.2 Å². The zero-order chi connectivity index (χ0) is 25.1. The summed E-state index contributed by atoms with van der Waals surface area (Å²) >= 11 is 1.74. The second-order valence-electron chi connectivity index (χ2n) is 8.26. The molecule has 0 unspecified atom stereocenters. The third-order valence-electron chi connectivity index (χ3n) is 6.33. The molecular weight excluding hydrogens is 464 g/mol. The standard InChI is InChI=1S/C27H28N2O5S/c1-5-19-16(2)35-24-20(19)13-14-29(23(24)17-9-7-6-8-10-17)27(32)28-22-15-18(25(30)33-3)11-12-21(22)26(31)34-4/h6-12,15,23H,5,13-14H2,1-4H3,(H,28,32)/t23-/m0/s1. The van der Waals surface area contributed by atoms with Crippen LogP contribution in [0.2, 0.25) is 0 Å². The number of carbonyl (C=O) groups excluding carboxylic acids is 3. The lowest BCUT2D eigenvalue weighted by atomic mass is 9.92. The number of esters is 2. The van der Waals surface area contributed by atoms with Crippen LogP contribution in [0.3, 0.4) is 0 Å². The largest absolute Gasteiger partial charge is 0.465 e. The van der Waals surface area contributed by atoms with Crippen molar-refractivity contribution < 1.29 is 23.9 Å². The third-order valence-corrected chi connectivity index (χ3v) is 7.57. The van der Waals surface area contributed by atoms with Crippen LogP contribution in [-0.2, 0) is 22.3 Å². The number of nitrogens with zero attached hydrogens (tertiary/aromatic N) is 1. The van der Waals surface area contributed by atoms with Crippen LogP contribution in [0.25, 0.3) is 0 Å². The van der Waals surface area contributed by atoms with Gasteiger partial charge in [-0.15, -0.1) is 11.3 Å². The molecule has 1 aliphatic heterocycles. The molecule has 1 atom stereocenters. The number of hydrogen-bond acceptors (Lipinski definition) is 6. The van der Waals surface area contributed by atoms with Gasteiger partial charge in [0.2, 0.25) is 0 Å². The molecule has 8 heteroatoms. The summed E-state index contributed by atoms with van der Waals surface area (Å²) in [6.45, 7) is 4.82. The van der Waals surface area contributed by atoms with Crippen molar-refractivity contribution in [2.75, 3.05) is 26.1 Å². The Balaban J connectivity index is 1.74. The lowest BCUT2D eigenvalue weighted by molar-refractivity contribution is 0.0587. The molecule has 0 saturated heterocycles. The van der Waals surface area contributed by atoms with E-state index in [1.165, 1.54) is 53.3 Å². The Kier molecular flexibility index (Phi) is 7.21. The quantitative estimate of drug-likeness (QED) is 0.484. The number of urea groups is 1. The van der Waals surface area contributed by atoms with Gasteiger partial charge in [0, 0.05) is 16.3 Å². The Morgan fingerprint density at radius 2 is 1.77 bits per heavy atom. The maximum atomic E-state index is 13.7. The molecule has 4 rings (SSSR count). The number of nitrogens with one attached hydrogen (secondary N) is 1. The van der Waals surface area contributed by atoms with Crippen molar-refractivity contribution in [2.45, 2.75) is 32.7 Å². The van der Waals surface area contributed by atoms with Gasteiger partial charge in [-0.1, -0.05) is 37.3 Å². The highest BCUT2D eigenvalue weighted by Crippen LogP contribution is 2.43. The van der Waals surface area contributed by atoms with Gasteiger partial charge >= 0.3 is 18.0 Å². The van der Waals surface area contributed by atoms with Crippen molar-refractivity contribution >= 4 is 35.0 Å². The van der Waals surface area contributed by atoms with Crippen LogP contribution in [0, 0.1) is 6.92 Å². The first kappa shape index (κ1) is 24.5. The number of benzene rings is 2. The minimum Gasteiger partial charge on any atom is -0.465 e. The van der Waals surface area contributed by atoms with Gasteiger partial charge in [-0.25, -0.2) is 14.4 Å². The number of fused-ring (bicyclic) bond motifs is 1. The lowest BCUT2D eigenvalue weighted by Crippen LogP contribution is -2.42. The van der Waals surface area contributed by atoms with Crippen molar-refractivity contribution in [3.63, 3.8) is 0 Å². The number of anilines is 1. The molecule has 3 aromatic rings. The highest BCUT2D eigenvalue weighted by Gasteiger charge is 2.35. The number of methoxy groups -OCH3 is 2. The molecule has 0 spiro atoms. The van der Waals surface area contributed by atoms with Crippen LogP contribution < -0.4 is 5.32 Å². The van der Waals surface area contributed by atoms with Gasteiger partial charge in [-0.2, -0.15) is 0 Å². The van der Waals surface area contributed by atoms with Crippen molar-refractivity contribution in [1.29, 1.82) is 0 Å². The molecule has 0 aliphatic carbocycles. The second-order valence-corrected chi connectivity index (χ2v) is 9.52. The molecule has 182 valence electrons. The van der Waals surface area contributed by atoms with Gasteiger partial charge in [0.05, 0.1) is 37.1 Å². The van der Waals surface area contributed by atoms with E-state index in [1.807, 2.05) is 30.3 Å². The molecule has 0 saturated carbocycles. The predicted molar refractivity (Wildman–Crippen MR) is 135 cm³/mol. The number of carbonyl (C=O) groups is 3. The highest BCUT2D eigenvalue weighted by molar-refractivity contribution is 7.12. The summed E-state index contributed by atoms with van der Waals surface area (Å²) in [4.78, 5) is 42.4. The molecule has 1 N–H and O–H groups in total. The minimum absolute atomic E-state index is 0.155. The van der Waals surface area contributed by atoms with Gasteiger partial charge in [0.25, 0.3) is 0 Å². The second kappa shape index (κ2) is 10.3. The van der Waals surface area contributed by atoms with Crippen molar-refractivity contribution in [2.24, 2.45) is 0 Å². The molecule has 7 nitrogen and oxygen atoms in total. The molecule has 0 bridgehead atoms. The smallest absolute Gasteiger partial charge is 0.339 e. The van der Waals surface area contributed by atoms with Crippen LogP contribution in [-0.4, -0.2) is 43.6 Å². The zero-order valence-electron chi connectivity index (χ0n) is 20.2. The van der Waals surface area contributed by atoms with Crippen LogP contribution in [0.15, 0.2) is 48.5 Å². The minimum atomic E-state index is -0.612. The van der Waals surface area contributed by atoms with E-state index in [0.29, 0.717) is 6.54 Å². The monoisotopic (exact) mass is 492 g/mol. The van der Waals surface area contributed by atoms with E-state index in [0.717, 1.165) is 18.4 Å². The fourth-order valence-electron chi connectivity index (χ4n) is 4.66. The molecule has 0 radical (unpaired) electrons. The summed E-state index contributed by atoms with van der Waals surface area (Å²) in [5.41, 5.74) is 4.28. The van der Waals surface area contributed by atoms with Crippen LogP contribution in [0.1, 0.15) is 60.1 Å². The number of thiophene rings is 1. The normalized spacial score (nSPS) is 14.7. The maximum absolute atomic E-state index is 13.7. The summed E-state index contributed by atoms with van der Waals surface area (Å²) < 4.78 is 9.68. The first-order valence-corrected chi connectivity index (χ1v) is 12.3. The average molecular weight is 493 g/mol. The summed E-state index contributed by atoms with van der Waals surface area (Å²) in [6.07, 6.45) is 1.71. The lowest BCUT2D eigenvalue weighted by Gasteiger charge is -2.36. The molecule has 2 aromatic carbocycles. The number of ether oxygens (including phenoxy) is 2. The van der Waals surface area contributed by atoms with E-state index in [1.54, 1.807) is 16.2 Å². The van der Waals surface area contributed by atoms with Gasteiger partial charge in [0.1, 0.15) is 0 Å². The summed E-state index contributed by atoms with van der Waals surface area (Å²) in [7, 11) is 2.54. The van der Waals surface area contributed by atoms with Crippen LogP contribution >= 0.6 is 11.3 Å². The van der Waals surface area contributed by atoms with E-state index in [9.17, 15) is 14.4 Å². The van der Waals surface area contributed by atoms with Gasteiger partial charge in [0.15, 0.2) is 0 Å². The average Bonchev–Trinajstić information content (AvgIpc) is 3.22. The van der Waals surface area contributed by atoms with Crippen LogP contribution in [0.4, 0.5) is 10.5 Å². The number of aryl methyl sites for hydroxylation is 1. The number of amides is 2. The van der Waals surface area contributed by atoms with Gasteiger partial charge in [-0.3, -0.25) is 0 Å². The zero-order valence-corrected chi connectivity index (χ0v) is 21.0. The first-order valence-electron chi connectivity index (χ1n) is 11.4. The fourth-order valence-corrected chi connectivity index (χ4v) is 6.11. The van der Waals surface area contributed by atoms with Gasteiger partial charge < -0.3 is 19.7 Å². The molecule has 2 amide bonds. The van der Waals surface area contributed by atoms with Gasteiger partial charge in [-0.05, 0) is 54.7 Å². The molecular formula is C27H28N2O5S. The van der Waals surface area contributed by atoms with Crippen molar-refractivity contribution in [1.82, 2.24) is 4.90 Å². The Hall–Kier alpha value is -3.65. The molecule has 0 fully saturated rings. The Bertz CT molecular complexity index is 1270. The summed E-state index contributed by atoms with van der Waals surface area (Å²) in [5.74, 6) is -1.18. The number of hydrogen-bond donors (Lipinski definition) is 1. The van der Waals surface area contributed by atoms with Crippen LogP contribution in [0.5, 0.6) is 0 Å². The first-order chi connectivity index (χ1) is 16.9. The molecule has 1 aromatic heterocycles. The van der Waals surface area contributed by atoms with E-state index in [4.69, 9.17) is 9.47 Å². The number of rotatable bonds is 5. The Morgan fingerprint density at radius 3 is 2.43 bits per heavy atom. The maximum Gasteiger partial charge on any atom is 0.339 e.